The number of rotatable bonds is 3. The van der Waals surface area contributed by atoms with Crippen molar-refractivity contribution in [3.63, 3.8) is 0 Å². The normalized spacial score (nSPS) is 11.4. The maximum absolute atomic E-state index is 12.4. The number of benzene rings is 2. The van der Waals surface area contributed by atoms with Crippen LogP contribution in [0.15, 0.2) is 53.6 Å². The molecule has 0 bridgehead atoms. The second-order valence-corrected chi connectivity index (χ2v) is 4.90. The number of nitrogens with one attached hydrogen (secondary N) is 2. The third-order valence-corrected chi connectivity index (χ3v) is 2.94. The van der Waals surface area contributed by atoms with Gasteiger partial charge >= 0.3 is 6.18 Å². The highest BCUT2D eigenvalue weighted by molar-refractivity contribution is 7.80. The lowest BCUT2D eigenvalue weighted by atomic mass is 10.2. The molecule has 2 aromatic rings. The Balaban J connectivity index is 1.88. The van der Waals surface area contributed by atoms with Crippen molar-refractivity contribution in [3.8, 4) is 5.75 Å². The van der Waals surface area contributed by atoms with Crippen molar-refractivity contribution in [1.29, 1.82) is 0 Å². The van der Waals surface area contributed by atoms with Gasteiger partial charge < -0.3 is 10.4 Å². The van der Waals surface area contributed by atoms with Crippen LogP contribution in [0.4, 0.5) is 18.9 Å². The first-order valence-corrected chi connectivity index (χ1v) is 6.82. The van der Waals surface area contributed by atoms with Crippen molar-refractivity contribution in [1.82, 2.24) is 5.43 Å². The van der Waals surface area contributed by atoms with E-state index in [0.717, 1.165) is 17.7 Å². The number of thiocarbonyl (C=S) groups is 1. The molecule has 0 aliphatic heterocycles. The van der Waals surface area contributed by atoms with E-state index in [2.05, 4.69) is 15.8 Å². The highest BCUT2D eigenvalue weighted by Gasteiger charge is 2.29. The Kier molecular flexibility index (Phi) is 5.17. The quantitative estimate of drug-likeness (QED) is 0.453. The van der Waals surface area contributed by atoms with Crippen molar-refractivity contribution in [2.75, 3.05) is 5.32 Å². The predicted molar refractivity (Wildman–Crippen MR) is 86.5 cm³/mol. The highest BCUT2D eigenvalue weighted by atomic mass is 32.1. The minimum atomic E-state index is -4.37. The highest BCUT2D eigenvalue weighted by Crippen LogP contribution is 2.29. The minimum absolute atomic E-state index is 0.139. The monoisotopic (exact) mass is 339 g/mol. The zero-order valence-corrected chi connectivity index (χ0v) is 12.4. The third kappa shape index (κ3) is 5.26. The topological polar surface area (TPSA) is 56.7 Å². The second kappa shape index (κ2) is 7.10. The predicted octanol–water partition coefficient (Wildman–Crippen LogP) is 3.73. The number of hydrogen-bond acceptors (Lipinski definition) is 3. The summed E-state index contributed by atoms with van der Waals surface area (Å²) in [6.07, 6.45) is -2.88. The molecule has 0 aromatic heterocycles. The van der Waals surface area contributed by atoms with Crippen LogP contribution in [0, 0.1) is 0 Å². The number of alkyl halides is 3. The second-order valence-electron chi connectivity index (χ2n) is 4.49. The molecule has 2 rings (SSSR count). The molecule has 0 aliphatic rings. The first-order valence-electron chi connectivity index (χ1n) is 6.41. The Morgan fingerprint density at radius 2 is 1.65 bits per heavy atom. The van der Waals surface area contributed by atoms with Crippen LogP contribution < -0.4 is 10.7 Å². The summed E-state index contributed by atoms with van der Waals surface area (Å²) >= 11 is 4.98. The zero-order chi connectivity index (χ0) is 16.9. The summed E-state index contributed by atoms with van der Waals surface area (Å²) in [7, 11) is 0. The lowest BCUT2D eigenvalue weighted by molar-refractivity contribution is -0.137. The van der Waals surface area contributed by atoms with Gasteiger partial charge in [-0.3, -0.25) is 5.43 Å². The average molecular weight is 339 g/mol. The summed E-state index contributed by atoms with van der Waals surface area (Å²) in [5, 5.41) is 15.9. The number of anilines is 1. The summed E-state index contributed by atoms with van der Waals surface area (Å²) in [4.78, 5) is 0. The Morgan fingerprint density at radius 1 is 1.04 bits per heavy atom. The zero-order valence-electron chi connectivity index (χ0n) is 11.6. The van der Waals surface area contributed by atoms with E-state index >= 15 is 0 Å². The average Bonchev–Trinajstić information content (AvgIpc) is 2.49. The van der Waals surface area contributed by atoms with Gasteiger partial charge in [0.05, 0.1) is 11.8 Å². The maximum Gasteiger partial charge on any atom is 0.416 e. The summed E-state index contributed by atoms with van der Waals surface area (Å²) < 4.78 is 37.3. The molecule has 0 spiro atoms. The van der Waals surface area contributed by atoms with Crippen LogP contribution >= 0.6 is 12.2 Å². The summed E-state index contributed by atoms with van der Waals surface area (Å²) in [6, 6.07) is 10.8. The van der Waals surface area contributed by atoms with Crippen LogP contribution in [0.25, 0.3) is 0 Å². The fraction of sp³-hybridized carbons (Fsp3) is 0.0667. The molecular weight excluding hydrogens is 327 g/mol. The summed E-state index contributed by atoms with van der Waals surface area (Å²) in [6.45, 7) is 0. The van der Waals surface area contributed by atoms with Gasteiger partial charge in [-0.15, -0.1) is 0 Å². The Hall–Kier alpha value is -2.61. The van der Waals surface area contributed by atoms with Crippen molar-refractivity contribution in [2.24, 2.45) is 5.10 Å². The number of hydrazone groups is 1. The lowest BCUT2D eigenvalue weighted by Gasteiger charge is -2.09. The van der Waals surface area contributed by atoms with Crippen molar-refractivity contribution < 1.29 is 18.3 Å². The Morgan fingerprint density at radius 3 is 2.22 bits per heavy atom. The molecule has 120 valence electrons. The van der Waals surface area contributed by atoms with Gasteiger partial charge in [0.1, 0.15) is 5.75 Å². The molecule has 0 fully saturated rings. The van der Waals surface area contributed by atoms with E-state index in [1.54, 1.807) is 12.1 Å². The fourth-order valence-corrected chi connectivity index (χ4v) is 1.80. The van der Waals surface area contributed by atoms with Gasteiger partial charge in [0.2, 0.25) is 0 Å². The van der Waals surface area contributed by atoms with Crippen LogP contribution in [-0.2, 0) is 6.18 Å². The fourth-order valence-electron chi connectivity index (χ4n) is 1.63. The molecule has 23 heavy (non-hydrogen) atoms. The molecule has 3 N–H and O–H groups in total. The first-order chi connectivity index (χ1) is 10.8. The minimum Gasteiger partial charge on any atom is -0.508 e. The Bertz CT molecular complexity index is 697. The molecule has 0 saturated heterocycles. The van der Waals surface area contributed by atoms with Crippen LogP contribution in [0.5, 0.6) is 5.75 Å². The van der Waals surface area contributed by atoms with Crippen LogP contribution in [-0.4, -0.2) is 16.4 Å². The van der Waals surface area contributed by atoms with Gasteiger partial charge in [-0.2, -0.15) is 18.3 Å². The van der Waals surface area contributed by atoms with Gasteiger partial charge in [-0.1, -0.05) is 0 Å². The molecule has 8 heteroatoms. The van der Waals surface area contributed by atoms with Gasteiger partial charge in [0.25, 0.3) is 0 Å². The van der Waals surface area contributed by atoms with Crippen molar-refractivity contribution >= 4 is 29.2 Å². The van der Waals surface area contributed by atoms with Crippen molar-refractivity contribution in [2.45, 2.75) is 6.18 Å². The largest absolute Gasteiger partial charge is 0.508 e. The number of aromatic hydroxyl groups is 1. The molecular formula is C15H12F3N3OS. The number of phenols is 1. The smallest absolute Gasteiger partial charge is 0.416 e. The van der Waals surface area contributed by atoms with E-state index in [-0.39, 0.29) is 10.9 Å². The molecule has 0 saturated carbocycles. The van der Waals surface area contributed by atoms with Crippen LogP contribution in [0.3, 0.4) is 0 Å². The molecule has 0 atom stereocenters. The molecule has 2 aromatic carbocycles. The molecule has 0 heterocycles. The van der Waals surface area contributed by atoms with Crippen LogP contribution in [0.1, 0.15) is 11.1 Å². The number of hydrogen-bond donors (Lipinski definition) is 3. The van der Waals surface area contributed by atoms with E-state index in [9.17, 15) is 13.2 Å². The van der Waals surface area contributed by atoms with E-state index < -0.39 is 11.7 Å². The van der Waals surface area contributed by atoms with Gasteiger partial charge in [-0.25, -0.2) is 0 Å². The van der Waals surface area contributed by atoms with Gasteiger partial charge in [0, 0.05) is 5.69 Å². The lowest BCUT2D eigenvalue weighted by Crippen LogP contribution is -2.23. The molecule has 0 amide bonds. The van der Waals surface area contributed by atoms with Gasteiger partial charge in [0.15, 0.2) is 5.11 Å². The standard InChI is InChI=1S/C15H12F3N3OS/c16-15(17,18)11-3-5-12(6-4-11)20-14(23)21-19-9-10-1-7-13(22)8-2-10/h1-9,22H,(H2,20,21,23)/b19-9+. The molecule has 0 radical (unpaired) electrons. The number of phenolic OH excluding ortho intramolecular Hbond substituents is 1. The molecule has 4 nitrogen and oxygen atoms in total. The number of halogens is 3. The van der Waals surface area contributed by atoms with E-state index in [4.69, 9.17) is 17.3 Å². The molecule has 0 aliphatic carbocycles. The number of nitrogens with zero attached hydrogens (tertiary/aromatic N) is 1. The van der Waals surface area contributed by atoms with E-state index in [1.807, 2.05) is 0 Å². The Labute approximate surface area is 135 Å². The van der Waals surface area contributed by atoms with Gasteiger partial charge in [-0.05, 0) is 66.3 Å². The van der Waals surface area contributed by atoms with Crippen LogP contribution in [0.2, 0.25) is 0 Å². The van der Waals surface area contributed by atoms with E-state index in [0.29, 0.717) is 5.69 Å². The molecule has 0 unspecified atom stereocenters. The van der Waals surface area contributed by atoms with E-state index in [1.165, 1.54) is 30.5 Å². The SMILES string of the molecule is Oc1ccc(/C=N/NC(=S)Nc2ccc(C(F)(F)F)cc2)cc1. The maximum atomic E-state index is 12.4. The summed E-state index contributed by atoms with van der Waals surface area (Å²) in [5.41, 5.74) is 2.97. The summed E-state index contributed by atoms with van der Waals surface area (Å²) in [5.74, 6) is 0.148. The first kappa shape index (κ1) is 16.8. The van der Waals surface area contributed by atoms with Crippen molar-refractivity contribution in [3.05, 3.63) is 59.7 Å². The third-order valence-electron chi connectivity index (χ3n) is 2.74.